The Labute approximate surface area is 88.0 Å². The van der Waals surface area contributed by atoms with Crippen LogP contribution in [-0.2, 0) is 9.53 Å². The number of amides is 1. The molecule has 0 radical (unpaired) electrons. The molecule has 2 aliphatic heterocycles. The zero-order valence-electron chi connectivity index (χ0n) is 8.38. The Balaban J connectivity index is 2.19. The van der Waals surface area contributed by atoms with E-state index in [0.717, 1.165) is 5.69 Å². The highest BCUT2D eigenvalue weighted by molar-refractivity contribution is 6.00. The first-order chi connectivity index (χ1) is 7.29. The number of nitrogens with zero attached hydrogens (tertiary/aromatic N) is 1. The molecule has 0 fully saturated rings. The molecule has 0 saturated heterocycles. The van der Waals surface area contributed by atoms with Crippen molar-refractivity contribution in [3.05, 3.63) is 42.2 Å². The fraction of sp³-hybridized carbons (Fsp3) is 0.250. The average molecular weight is 201 g/mol. The number of anilines is 1. The Kier molecular flexibility index (Phi) is 1.63. The van der Waals surface area contributed by atoms with Gasteiger partial charge in [-0.3, -0.25) is 4.79 Å². The van der Waals surface area contributed by atoms with Crippen LogP contribution in [0.2, 0.25) is 0 Å². The smallest absolute Gasteiger partial charge is 0.268 e. The first kappa shape index (κ1) is 8.53. The maximum absolute atomic E-state index is 11.9. The highest BCUT2D eigenvalue weighted by Gasteiger charge is 2.40. The van der Waals surface area contributed by atoms with Gasteiger partial charge in [0.2, 0.25) is 0 Å². The van der Waals surface area contributed by atoms with Crippen molar-refractivity contribution >= 4 is 11.6 Å². The molecule has 1 aromatic rings. The molecule has 0 bridgehead atoms. The number of para-hydroxylation sites is 1. The first-order valence-electron chi connectivity index (χ1n) is 4.97. The topological polar surface area (TPSA) is 29.5 Å². The van der Waals surface area contributed by atoms with E-state index in [1.54, 1.807) is 18.2 Å². The summed E-state index contributed by atoms with van der Waals surface area (Å²) in [6.07, 6.45) is 3.22. The minimum absolute atomic E-state index is 0.0312. The molecular weight excluding hydrogens is 190 g/mol. The minimum Gasteiger partial charge on any atom is -0.488 e. The maximum atomic E-state index is 11.9. The molecule has 2 heterocycles. The van der Waals surface area contributed by atoms with Crippen LogP contribution >= 0.6 is 0 Å². The van der Waals surface area contributed by atoms with E-state index in [1.165, 1.54) is 5.56 Å². The van der Waals surface area contributed by atoms with Crippen molar-refractivity contribution < 1.29 is 9.53 Å². The van der Waals surface area contributed by atoms with Gasteiger partial charge in [0.25, 0.3) is 5.91 Å². The lowest BCUT2D eigenvalue weighted by Gasteiger charge is -2.32. The first-order valence-corrected chi connectivity index (χ1v) is 4.97. The van der Waals surface area contributed by atoms with Gasteiger partial charge in [-0.15, -0.1) is 0 Å². The molecule has 0 saturated carbocycles. The van der Waals surface area contributed by atoms with E-state index in [9.17, 15) is 4.79 Å². The van der Waals surface area contributed by atoms with Crippen LogP contribution in [0.1, 0.15) is 11.5 Å². The summed E-state index contributed by atoms with van der Waals surface area (Å²) >= 11 is 0. The van der Waals surface area contributed by atoms with E-state index >= 15 is 0 Å². The molecule has 2 aliphatic rings. The Morgan fingerprint density at radius 1 is 1.33 bits per heavy atom. The van der Waals surface area contributed by atoms with Crippen molar-refractivity contribution in [3.63, 3.8) is 0 Å². The minimum atomic E-state index is -0.357. The molecule has 0 aliphatic carbocycles. The summed E-state index contributed by atoms with van der Waals surface area (Å²) in [6.45, 7) is 0. The third-order valence-electron chi connectivity index (χ3n) is 3.07. The van der Waals surface area contributed by atoms with E-state index in [1.807, 2.05) is 24.3 Å². The van der Waals surface area contributed by atoms with Crippen LogP contribution in [0.15, 0.2) is 36.6 Å². The largest absolute Gasteiger partial charge is 0.488 e. The highest BCUT2D eigenvalue weighted by atomic mass is 16.5. The van der Waals surface area contributed by atoms with Gasteiger partial charge in [0.1, 0.15) is 0 Å². The summed E-state index contributed by atoms with van der Waals surface area (Å²) in [4.78, 5) is 13.6. The van der Waals surface area contributed by atoms with Crippen molar-refractivity contribution in [2.24, 2.45) is 0 Å². The molecule has 0 N–H and O–H groups in total. The fourth-order valence-corrected chi connectivity index (χ4v) is 2.26. The number of ether oxygens (including phenoxy) is 1. The van der Waals surface area contributed by atoms with Gasteiger partial charge in [-0.25, -0.2) is 0 Å². The third kappa shape index (κ3) is 1.03. The normalized spacial score (nSPS) is 27.3. The van der Waals surface area contributed by atoms with Crippen molar-refractivity contribution in [1.29, 1.82) is 0 Å². The number of benzene rings is 1. The van der Waals surface area contributed by atoms with E-state index in [4.69, 9.17) is 4.74 Å². The molecule has 15 heavy (non-hydrogen) atoms. The van der Waals surface area contributed by atoms with Crippen molar-refractivity contribution in [1.82, 2.24) is 0 Å². The lowest BCUT2D eigenvalue weighted by atomic mass is 9.88. The van der Waals surface area contributed by atoms with E-state index in [-0.39, 0.29) is 17.9 Å². The Morgan fingerprint density at radius 3 is 3.00 bits per heavy atom. The molecule has 3 heteroatoms. The summed E-state index contributed by atoms with van der Waals surface area (Å²) in [6, 6.07) is 7.96. The molecule has 0 unspecified atom stereocenters. The number of fused-ring (bicyclic) bond motifs is 3. The molecule has 3 rings (SSSR count). The standard InChI is InChI=1S/C12H11NO2/c1-13-10-5-3-2-4-8(10)9-6-7-15-11(9)12(13)14/h2-7,9,11H,1H3/t9-,11+/m0/s1. The number of hydrogen-bond acceptors (Lipinski definition) is 2. The number of rotatable bonds is 0. The summed E-state index contributed by atoms with van der Waals surface area (Å²) in [7, 11) is 1.79. The zero-order valence-corrected chi connectivity index (χ0v) is 8.38. The van der Waals surface area contributed by atoms with Crippen LogP contribution in [0.5, 0.6) is 0 Å². The molecule has 0 aromatic heterocycles. The van der Waals surface area contributed by atoms with Crippen LogP contribution in [0.3, 0.4) is 0 Å². The predicted octanol–water partition coefficient (Wildman–Crippen LogP) is 1.66. The molecule has 76 valence electrons. The van der Waals surface area contributed by atoms with Gasteiger partial charge in [-0.1, -0.05) is 18.2 Å². The van der Waals surface area contributed by atoms with Crippen molar-refractivity contribution in [2.75, 3.05) is 11.9 Å². The molecule has 1 amide bonds. The Bertz CT molecular complexity index is 453. The predicted molar refractivity (Wildman–Crippen MR) is 56.6 cm³/mol. The van der Waals surface area contributed by atoms with E-state index < -0.39 is 0 Å². The average Bonchev–Trinajstić information content (AvgIpc) is 2.75. The number of carbonyl (C=O) groups is 1. The molecule has 2 atom stereocenters. The summed E-state index contributed by atoms with van der Waals surface area (Å²) in [5.41, 5.74) is 2.15. The van der Waals surface area contributed by atoms with E-state index in [2.05, 4.69) is 6.07 Å². The molecule has 1 aromatic carbocycles. The second-order valence-corrected chi connectivity index (χ2v) is 3.87. The zero-order chi connectivity index (χ0) is 10.4. The van der Waals surface area contributed by atoms with Gasteiger partial charge in [-0.2, -0.15) is 0 Å². The number of carbonyl (C=O) groups excluding carboxylic acids is 1. The molecule has 0 spiro atoms. The summed E-state index contributed by atoms with van der Waals surface area (Å²) in [5.74, 6) is 0.119. The lowest BCUT2D eigenvalue weighted by molar-refractivity contribution is -0.126. The molecule has 3 nitrogen and oxygen atoms in total. The van der Waals surface area contributed by atoms with Gasteiger partial charge in [0, 0.05) is 12.7 Å². The van der Waals surface area contributed by atoms with Crippen LogP contribution in [0.25, 0.3) is 0 Å². The Morgan fingerprint density at radius 2 is 2.13 bits per heavy atom. The van der Waals surface area contributed by atoms with Gasteiger partial charge >= 0.3 is 0 Å². The molecular formula is C12H11NO2. The van der Waals surface area contributed by atoms with E-state index in [0.29, 0.717) is 0 Å². The number of hydrogen-bond donors (Lipinski definition) is 0. The van der Waals surface area contributed by atoms with Crippen LogP contribution < -0.4 is 4.90 Å². The lowest BCUT2D eigenvalue weighted by Crippen LogP contribution is -2.43. The van der Waals surface area contributed by atoms with Crippen LogP contribution in [-0.4, -0.2) is 19.1 Å². The second kappa shape index (κ2) is 2.86. The fourth-order valence-electron chi connectivity index (χ4n) is 2.26. The third-order valence-corrected chi connectivity index (χ3v) is 3.07. The second-order valence-electron chi connectivity index (χ2n) is 3.87. The van der Waals surface area contributed by atoms with Gasteiger partial charge in [0.15, 0.2) is 6.10 Å². The van der Waals surface area contributed by atoms with Crippen LogP contribution in [0.4, 0.5) is 5.69 Å². The van der Waals surface area contributed by atoms with Gasteiger partial charge in [0.05, 0.1) is 12.2 Å². The maximum Gasteiger partial charge on any atom is 0.268 e. The van der Waals surface area contributed by atoms with Crippen molar-refractivity contribution in [3.8, 4) is 0 Å². The van der Waals surface area contributed by atoms with Gasteiger partial charge in [-0.05, 0) is 17.7 Å². The quantitative estimate of drug-likeness (QED) is 0.639. The summed E-state index contributed by atoms with van der Waals surface area (Å²) < 4.78 is 5.32. The Hall–Kier alpha value is -1.77. The number of likely N-dealkylation sites (N-methyl/N-ethyl adjacent to an activating group) is 1. The summed E-state index contributed by atoms with van der Waals surface area (Å²) in [5, 5.41) is 0. The van der Waals surface area contributed by atoms with Gasteiger partial charge < -0.3 is 9.64 Å². The van der Waals surface area contributed by atoms with Crippen LogP contribution in [0, 0.1) is 0 Å². The highest BCUT2D eigenvalue weighted by Crippen LogP contribution is 2.39. The SMILES string of the molecule is CN1C(=O)[C@@H]2OC=C[C@H]2c2ccccc21. The van der Waals surface area contributed by atoms with Crippen molar-refractivity contribution in [2.45, 2.75) is 12.0 Å². The monoisotopic (exact) mass is 201 g/mol.